The number of anilines is 1. The van der Waals surface area contributed by atoms with Crippen LogP contribution >= 0.6 is 0 Å². The molecule has 1 heterocycles. The average molecular weight is 354 g/mol. The van der Waals surface area contributed by atoms with E-state index in [1.54, 1.807) is 0 Å². The van der Waals surface area contributed by atoms with E-state index in [1.165, 1.54) is 5.56 Å². The van der Waals surface area contributed by atoms with Crippen molar-refractivity contribution in [2.45, 2.75) is 25.8 Å². The van der Waals surface area contributed by atoms with Gasteiger partial charge in [-0.1, -0.05) is 30.3 Å². The lowest BCUT2D eigenvalue weighted by Gasteiger charge is -2.28. The molecular formula is C21H26N2O3. The zero-order valence-electron chi connectivity index (χ0n) is 15.1. The predicted octanol–water partition coefficient (Wildman–Crippen LogP) is 3.01. The van der Waals surface area contributed by atoms with Crippen molar-refractivity contribution in [2.75, 3.05) is 31.6 Å². The van der Waals surface area contributed by atoms with Crippen molar-refractivity contribution in [1.29, 1.82) is 0 Å². The van der Waals surface area contributed by atoms with Gasteiger partial charge in [0.2, 0.25) is 5.91 Å². The molecule has 138 valence electrons. The molecule has 26 heavy (non-hydrogen) atoms. The Morgan fingerprint density at radius 1 is 1.15 bits per heavy atom. The first-order chi connectivity index (χ1) is 12.7. The lowest BCUT2D eigenvalue weighted by atomic mass is 10.0. The van der Waals surface area contributed by atoms with Crippen LogP contribution in [0.25, 0.3) is 0 Å². The van der Waals surface area contributed by atoms with Crippen molar-refractivity contribution in [3.63, 3.8) is 0 Å². The largest absolute Gasteiger partial charge is 0.492 e. The average Bonchev–Trinajstić information content (AvgIpc) is 2.67. The Hall–Kier alpha value is -2.37. The molecule has 3 rings (SSSR count). The first-order valence-electron chi connectivity index (χ1n) is 9.13. The van der Waals surface area contributed by atoms with Crippen LogP contribution in [0.5, 0.6) is 5.75 Å². The van der Waals surface area contributed by atoms with Gasteiger partial charge < -0.3 is 15.2 Å². The van der Waals surface area contributed by atoms with E-state index >= 15 is 0 Å². The highest BCUT2D eigenvalue weighted by Gasteiger charge is 2.17. The molecule has 1 atom stereocenters. The number of aliphatic hydroxyl groups is 1. The molecule has 5 heteroatoms. The molecule has 0 saturated carbocycles. The molecule has 2 N–H and O–H groups in total. The van der Waals surface area contributed by atoms with E-state index in [-0.39, 0.29) is 18.6 Å². The van der Waals surface area contributed by atoms with E-state index in [4.69, 9.17) is 4.74 Å². The number of hydrogen-bond donors (Lipinski definition) is 2. The minimum absolute atomic E-state index is 0.0701. The summed E-state index contributed by atoms with van der Waals surface area (Å²) in [5.41, 5.74) is 3.23. The summed E-state index contributed by atoms with van der Waals surface area (Å²) in [5, 5.41) is 12.3. The van der Waals surface area contributed by atoms with Crippen molar-refractivity contribution in [3.8, 4) is 5.75 Å². The minimum atomic E-state index is 0.0701. The van der Waals surface area contributed by atoms with Crippen LogP contribution in [0.3, 0.4) is 0 Å². The van der Waals surface area contributed by atoms with Crippen LogP contribution in [0.4, 0.5) is 5.69 Å². The Morgan fingerprint density at radius 3 is 2.73 bits per heavy atom. The number of aryl methyl sites for hydroxylation is 1. The van der Waals surface area contributed by atoms with Gasteiger partial charge in [-0.25, -0.2) is 0 Å². The van der Waals surface area contributed by atoms with Gasteiger partial charge in [0.05, 0.1) is 6.61 Å². The molecule has 0 aliphatic carbocycles. The minimum Gasteiger partial charge on any atom is -0.492 e. The summed E-state index contributed by atoms with van der Waals surface area (Å²) in [5.74, 6) is 0.886. The van der Waals surface area contributed by atoms with E-state index in [1.807, 2.05) is 36.4 Å². The van der Waals surface area contributed by atoms with Gasteiger partial charge in [0.1, 0.15) is 12.4 Å². The fourth-order valence-corrected chi connectivity index (χ4v) is 3.30. The van der Waals surface area contributed by atoms with Gasteiger partial charge in [-0.2, -0.15) is 0 Å². The zero-order valence-corrected chi connectivity index (χ0v) is 15.1. The fraction of sp³-hybridized carbons (Fsp3) is 0.381. The van der Waals surface area contributed by atoms with Crippen LogP contribution in [-0.2, 0) is 11.2 Å². The number of rotatable bonds is 8. The molecule has 0 unspecified atom stereocenters. The fourth-order valence-electron chi connectivity index (χ4n) is 3.30. The molecule has 0 saturated heterocycles. The Morgan fingerprint density at radius 2 is 1.96 bits per heavy atom. The van der Waals surface area contributed by atoms with Gasteiger partial charge >= 0.3 is 0 Å². The monoisotopic (exact) mass is 354 g/mol. The van der Waals surface area contributed by atoms with E-state index in [2.05, 4.69) is 29.3 Å². The SMILES string of the molecule is C[C@@H](c1ccccc1)N(CCO)CCOc1ccc2c(c1)CCC(=O)N2. The zero-order chi connectivity index (χ0) is 18.4. The molecule has 5 nitrogen and oxygen atoms in total. The van der Waals surface area contributed by atoms with Crippen LogP contribution in [-0.4, -0.2) is 42.2 Å². The quantitative estimate of drug-likeness (QED) is 0.765. The Labute approximate surface area is 154 Å². The first-order valence-corrected chi connectivity index (χ1v) is 9.13. The standard InChI is InChI=1S/C21H26N2O3/c1-16(17-5-3-2-4-6-17)23(11-13-24)12-14-26-19-8-9-20-18(15-19)7-10-21(25)22-20/h2-6,8-9,15-16,24H,7,10-14H2,1H3,(H,22,25)/t16-/m0/s1. The number of carbonyl (C=O) groups is 1. The third-order valence-electron chi connectivity index (χ3n) is 4.84. The highest BCUT2D eigenvalue weighted by Crippen LogP contribution is 2.27. The number of amides is 1. The van der Waals surface area contributed by atoms with Crippen LogP contribution in [0.2, 0.25) is 0 Å². The summed E-state index contributed by atoms with van der Waals surface area (Å²) in [6.45, 7) is 4.14. The number of ether oxygens (including phenoxy) is 1. The molecule has 0 fully saturated rings. The second-order valence-electron chi connectivity index (χ2n) is 6.56. The lowest BCUT2D eigenvalue weighted by Crippen LogP contribution is -2.33. The third-order valence-corrected chi connectivity index (χ3v) is 4.84. The highest BCUT2D eigenvalue weighted by molar-refractivity contribution is 5.93. The second kappa shape index (κ2) is 8.83. The number of benzene rings is 2. The second-order valence-corrected chi connectivity index (χ2v) is 6.56. The molecule has 1 aliphatic rings. The number of aliphatic hydroxyl groups excluding tert-OH is 1. The highest BCUT2D eigenvalue weighted by atomic mass is 16.5. The topological polar surface area (TPSA) is 61.8 Å². The van der Waals surface area contributed by atoms with Gasteiger partial charge in [0.15, 0.2) is 0 Å². The molecule has 2 aromatic carbocycles. The number of carbonyl (C=O) groups excluding carboxylic acids is 1. The maximum atomic E-state index is 11.4. The number of nitrogens with zero attached hydrogens (tertiary/aromatic N) is 1. The van der Waals surface area contributed by atoms with Crippen molar-refractivity contribution < 1.29 is 14.6 Å². The van der Waals surface area contributed by atoms with Crippen molar-refractivity contribution in [1.82, 2.24) is 4.90 Å². The van der Waals surface area contributed by atoms with Gasteiger partial charge in [-0.15, -0.1) is 0 Å². The number of nitrogens with one attached hydrogen (secondary N) is 1. The van der Waals surface area contributed by atoms with Crippen molar-refractivity contribution in [2.24, 2.45) is 0 Å². The Kier molecular flexibility index (Phi) is 6.26. The predicted molar refractivity (Wildman–Crippen MR) is 102 cm³/mol. The molecule has 2 aromatic rings. The summed E-state index contributed by atoms with van der Waals surface area (Å²) in [6.07, 6.45) is 1.27. The Balaban J connectivity index is 1.57. The molecule has 0 bridgehead atoms. The van der Waals surface area contributed by atoms with E-state index < -0.39 is 0 Å². The molecular weight excluding hydrogens is 328 g/mol. The normalized spacial score (nSPS) is 14.7. The number of fused-ring (bicyclic) bond motifs is 1. The van der Waals surface area contributed by atoms with Crippen LogP contribution in [0, 0.1) is 0 Å². The van der Waals surface area contributed by atoms with E-state index in [9.17, 15) is 9.90 Å². The number of hydrogen-bond acceptors (Lipinski definition) is 4. The summed E-state index contributed by atoms with van der Waals surface area (Å²) >= 11 is 0. The smallest absolute Gasteiger partial charge is 0.224 e. The Bertz CT molecular complexity index is 733. The molecule has 0 radical (unpaired) electrons. The molecule has 1 amide bonds. The van der Waals surface area contributed by atoms with Crippen molar-refractivity contribution in [3.05, 3.63) is 59.7 Å². The van der Waals surface area contributed by atoms with Gasteiger partial charge in [0, 0.05) is 31.2 Å². The van der Waals surface area contributed by atoms with Crippen LogP contribution < -0.4 is 10.1 Å². The van der Waals surface area contributed by atoms with E-state index in [0.717, 1.165) is 30.0 Å². The summed E-state index contributed by atoms with van der Waals surface area (Å²) in [6, 6.07) is 16.3. The van der Waals surface area contributed by atoms with Gasteiger partial charge in [-0.05, 0) is 42.7 Å². The molecule has 1 aliphatic heterocycles. The molecule has 0 aromatic heterocycles. The maximum absolute atomic E-state index is 11.4. The van der Waals surface area contributed by atoms with Crippen molar-refractivity contribution >= 4 is 11.6 Å². The summed E-state index contributed by atoms with van der Waals surface area (Å²) < 4.78 is 5.93. The van der Waals surface area contributed by atoms with Crippen LogP contribution in [0.1, 0.15) is 30.5 Å². The lowest BCUT2D eigenvalue weighted by molar-refractivity contribution is -0.116. The maximum Gasteiger partial charge on any atom is 0.224 e. The van der Waals surface area contributed by atoms with Crippen LogP contribution in [0.15, 0.2) is 48.5 Å². The van der Waals surface area contributed by atoms with E-state index in [0.29, 0.717) is 19.6 Å². The summed E-state index contributed by atoms with van der Waals surface area (Å²) in [7, 11) is 0. The third kappa shape index (κ3) is 4.62. The van der Waals surface area contributed by atoms with Gasteiger partial charge in [-0.3, -0.25) is 9.69 Å². The summed E-state index contributed by atoms with van der Waals surface area (Å²) in [4.78, 5) is 13.6. The molecule has 0 spiro atoms. The first kappa shape index (κ1) is 18.4. The van der Waals surface area contributed by atoms with Gasteiger partial charge in [0.25, 0.3) is 0 Å².